The summed E-state index contributed by atoms with van der Waals surface area (Å²) in [7, 11) is -1.07. The van der Waals surface area contributed by atoms with Gasteiger partial charge in [-0.15, -0.1) is 0 Å². The van der Waals surface area contributed by atoms with Gasteiger partial charge in [-0.25, -0.2) is 8.42 Å². The van der Waals surface area contributed by atoms with Gasteiger partial charge in [0, 0.05) is 19.2 Å². The quantitative estimate of drug-likeness (QED) is 0.649. The molecule has 1 amide bonds. The van der Waals surface area contributed by atoms with E-state index in [0.717, 1.165) is 31.2 Å². The van der Waals surface area contributed by atoms with E-state index in [1.54, 1.807) is 23.1 Å². The maximum atomic E-state index is 13.6. The summed E-state index contributed by atoms with van der Waals surface area (Å²) in [6.07, 6.45) is 4.07. The highest BCUT2D eigenvalue weighted by atomic mass is 32.2. The Balaban J connectivity index is 1.98. The van der Waals surface area contributed by atoms with Crippen LogP contribution in [-0.2, 0) is 14.8 Å². The van der Waals surface area contributed by atoms with E-state index < -0.39 is 10.0 Å². The fraction of sp³-hybridized carbons (Fsp3) is 0.435. The van der Waals surface area contributed by atoms with Crippen molar-refractivity contribution in [3.05, 3.63) is 48.0 Å². The van der Waals surface area contributed by atoms with E-state index in [-0.39, 0.29) is 17.3 Å². The summed E-state index contributed by atoms with van der Waals surface area (Å²) in [4.78, 5) is 14.9. The molecule has 0 atom stereocenters. The summed E-state index contributed by atoms with van der Waals surface area (Å²) >= 11 is 0. The van der Waals surface area contributed by atoms with E-state index in [1.807, 2.05) is 19.1 Å². The zero-order valence-electron chi connectivity index (χ0n) is 18.3. The number of sulfonamides is 1. The van der Waals surface area contributed by atoms with Crippen LogP contribution in [0.25, 0.3) is 0 Å². The number of rotatable bonds is 7. The van der Waals surface area contributed by atoms with E-state index in [2.05, 4.69) is 0 Å². The van der Waals surface area contributed by atoms with Gasteiger partial charge in [0.05, 0.1) is 24.8 Å². The molecule has 1 aliphatic heterocycles. The van der Waals surface area contributed by atoms with Gasteiger partial charge in [-0.05, 0) is 44.0 Å². The zero-order valence-corrected chi connectivity index (χ0v) is 19.2. The zero-order chi connectivity index (χ0) is 22.4. The highest BCUT2D eigenvalue weighted by Gasteiger charge is 2.30. The SMILES string of the molecule is COc1ccc(S(=O)(=O)N(CC(=O)N2CCCCCC2)c2ccc(C)cc2)cc1OC. The third kappa shape index (κ3) is 5.31. The van der Waals surface area contributed by atoms with Gasteiger partial charge in [0.2, 0.25) is 5.91 Å². The number of hydrogen-bond donors (Lipinski definition) is 0. The van der Waals surface area contributed by atoms with Crippen molar-refractivity contribution in [3.63, 3.8) is 0 Å². The molecular weight excluding hydrogens is 416 g/mol. The van der Waals surface area contributed by atoms with Gasteiger partial charge in [0.25, 0.3) is 10.0 Å². The number of amides is 1. The van der Waals surface area contributed by atoms with E-state index >= 15 is 0 Å². The molecule has 0 saturated carbocycles. The molecule has 3 rings (SSSR count). The van der Waals surface area contributed by atoms with Crippen molar-refractivity contribution < 1.29 is 22.7 Å². The van der Waals surface area contributed by atoms with Crippen molar-refractivity contribution in [1.29, 1.82) is 0 Å². The molecule has 168 valence electrons. The van der Waals surface area contributed by atoms with Gasteiger partial charge in [-0.3, -0.25) is 9.10 Å². The van der Waals surface area contributed by atoms with Crippen LogP contribution in [-0.4, -0.2) is 53.1 Å². The smallest absolute Gasteiger partial charge is 0.264 e. The number of methoxy groups -OCH3 is 2. The number of hydrogen-bond acceptors (Lipinski definition) is 5. The Bertz CT molecular complexity index is 997. The summed E-state index contributed by atoms with van der Waals surface area (Å²) in [5, 5.41) is 0. The van der Waals surface area contributed by atoms with E-state index in [9.17, 15) is 13.2 Å². The Hall–Kier alpha value is -2.74. The predicted molar refractivity (Wildman–Crippen MR) is 120 cm³/mol. The normalized spacial score (nSPS) is 14.6. The third-order valence-corrected chi connectivity index (χ3v) is 7.27. The summed E-state index contributed by atoms with van der Waals surface area (Å²) in [5.41, 5.74) is 1.45. The number of carbonyl (C=O) groups excluding carboxylic acids is 1. The van der Waals surface area contributed by atoms with Crippen LogP contribution >= 0.6 is 0 Å². The van der Waals surface area contributed by atoms with E-state index in [0.29, 0.717) is 30.3 Å². The molecule has 31 heavy (non-hydrogen) atoms. The molecule has 0 N–H and O–H groups in total. The summed E-state index contributed by atoms with van der Waals surface area (Å²) in [5.74, 6) is 0.557. The molecule has 2 aromatic rings. The van der Waals surface area contributed by atoms with Gasteiger partial charge in [0.15, 0.2) is 11.5 Å². The van der Waals surface area contributed by atoms with Crippen LogP contribution in [0.1, 0.15) is 31.2 Å². The molecule has 0 unspecified atom stereocenters. The Morgan fingerprint density at radius 1 is 0.935 bits per heavy atom. The topological polar surface area (TPSA) is 76.2 Å². The van der Waals surface area contributed by atoms with Crippen LogP contribution in [0.3, 0.4) is 0 Å². The van der Waals surface area contributed by atoms with E-state index in [4.69, 9.17) is 9.47 Å². The lowest BCUT2D eigenvalue weighted by Crippen LogP contribution is -2.43. The molecule has 0 spiro atoms. The molecule has 8 heteroatoms. The van der Waals surface area contributed by atoms with Crippen molar-refractivity contribution >= 4 is 21.6 Å². The molecule has 0 aromatic heterocycles. The fourth-order valence-electron chi connectivity index (χ4n) is 3.67. The van der Waals surface area contributed by atoms with Crippen LogP contribution < -0.4 is 13.8 Å². The first-order chi connectivity index (χ1) is 14.9. The Labute approximate surface area is 184 Å². The maximum absolute atomic E-state index is 13.6. The molecule has 1 heterocycles. The van der Waals surface area contributed by atoms with Crippen LogP contribution in [0.2, 0.25) is 0 Å². The van der Waals surface area contributed by atoms with Crippen LogP contribution in [0.5, 0.6) is 11.5 Å². The number of ether oxygens (including phenoxy) is 2. The minimum Gasteiger partial charge on any atom is -0.493 e. The monoisotopic (exact) mass is 446 g/mol. The van der Waals surface area contributed by atoms with Gasteiger partial charge < -0.3 is 14.4 Å². The number of likely N-dealkylation sites (tertiary alicyclic amines) is 1. The lowest BCUT2D eigenvalue weighted by molar-refractivity contribution is -0.129. The van der Waals surface area contributed by atoms with Crippen molar-refractivity contribution in [2.45, 2.75) is 37.5 Å². The van der Waals surface area contributed by atoms with Crippen LogP contribution in [0.4, 0.5) is 5.69 Å². The summed E-state index contributed by atoms with van der Waals surface area (Å²) in [6, 6.07) is 11.6. The third-order valence-electron chi connectivity index (χ3n) is 5.50. The first-order valence-electron chi connectivity index (χ1n) is 10.5. The van der Waals surface area contributed by atoms with Crippen molar-refractivity contribution in [2.24, 2.45) is 0 Å². The second-order valence-electron chi connectivity index (χ2n) is 7.66. The molecule has 1 saturated heterocycles. The molecule has 1 aliphatic rings. The number of benzene rings is 2. The molecule has 1 fully saturated rings. The highest BCUT2D eigenvalue weighted by molar-refractivity contribution is 7.92. The molecule has 0 radical (unpaired) electrons. The van der Waals surface area contributed by atoms with Gasteiger partial charge in [-0.1, -0.05) is 30.5 Å². The summed E-state index contributed by atoms with van der Waals surface area (Å²) < 4.78 is 38.9. The van der Waals surface area contributed by atoms with Gasteiger partial charge >= 0.3 is 0 Å². The predicted octanol–water partition coefficient (Wildman–Crippen LogP) is 3.61. The minimum absolute atomic E-state index is 0.0365. The Kier molecular flexibility index (Phi) is 7.43. The number of aryl methyl sites for hydroxylation is 1. The number of carbonyl (C=O) groups is 1. The lowest BCUT2D eigenvalue weighted by atomic mass is 10.2. The molecule has 0 aliphatic carbocycles. The second-order valence-corrected chi connectivity index (χ2v) is 9.52. The molecule has 2 aromatic carbocycles. The maximum Gasteiger partial charge on any atom is 0.264 e. The Morgan fingerprint density at radius 3 is 2.13 bits per heavy atom. The fourth-order valence-corrected chi connectivity index (χ4v) is 5.10. The average molecular weight is 447 g/mol. The highest BCUT2D eigenvalue weighted by Crippen LogP contribution is 2.32. The number of anilines is 1. The first-order valence-corrected chi connectivity index (χ1v) is 11.9. The van der Waals surface area contributed by atoms with Gasteiger partial charge in [0.1, 0.15) is 6.54 Å². The van der Waals surface area contributed by atoms with Crippen molar-refractivity contribution in [3.8, 4) is 11.5 Å². The van der Waals surface area contributed by atoms with Gasteiger partial charge in [-0.2, -0.15) is 0 Å². The molecule has 7 nitrogen and oxygen atoms in total. The summed E-state index contributed by atoms with van der Waals surface area (Å²) in [6.45, 7) is 3.01. The second kappa shape index (κ2) is 10.0. The minimum atomic E-state index is -4.02. The standard InChI is InChI=1S/C23H30N2O5S/c1-18-8-10-19(11-9-18)25(17-23(26)24-14-6-4-5-7-15-24)31(27,28)20-12-13-21(29-2)22(16-20)30-3/h8-13,16H,4-7,14-15,17H2,1-3H3. The molecule has 0 bridgehead atoms. The number of nitrogens with zero attached hydrogens (tertiary/aromatic N) is 2. The van der Waals surface area contributed by atoms with Crippen LogP contribution in [0, 0.1) is 6.92 Å². The van der Waals surface area contributed by atoms with Crippen molar-refractivity contribution in [1.82, 2.24) is 4.90 Å². The largest absolute Gasteiger partial charge is 0.493 e. The van der Waals surface area contributed by atoms with Crippen molar-refractivity contribution in [2.75, 3.05) is 38.2 Å². The average Bonchev–Trinajstić information content (AvgIpc) is 3.07. The Morgan fingerprint density at radius 2 is 1.55 bits per heavy atom. The van der Waals surface area contributed by atoms with Crippen LogP contribution in [0.15, 0.2) is 47.4 Å². The molecular formula is C23H30N2O5S. The first kappa shape index (κ1) is 22.9. The van der Waals surface area contributed by atoms with E-state index in [1.165, 1.54) is 30.7 Å². The lowest BCUT2D eigenvalue weighted by Gasteiger charge is -2.28.